The molecule has 1 saturated heterocycles. The van der Waals surface area contributed by atoms with Gasteiger partial charge in [-0.05, 0) is 51.0 Å². The monoisotopic (exact) mass is 389 g/mol. The van der Waals surface area contributed by atoms with E-state index < -0.39 is 0 Å². The van der Waals surface area contributed by atoms with E-state index in [1.54, 1.807) is 0 Å². The average molecular weight is 390 g/mol. The summed E-state index contributed by atoms with van der Waals surface area (Å²) >= 11 is 0. The van der Waals surface area contributed by atoms with E-state index in [9.17, 15) is 4.79 Å². The van der Waals surface area contributed by atoms with Gasteiger partial charge in [0.05, 0.1) is 6.54 Å². The molecule has 156 valence electrons. The van der Waals surface area contributed by atoms with E-state index in [4.69, 9.17) is 10.3 Å². The molecule has 3 unspecified atom stereocenters. The van der Waals surface area contributed by atoms with E-state index in [0.29, 0.717) is 42.3 Å². The lowest BCUT2D eigenvalue weighted by Crippen LogP contribution is -2.49. The first-order chi connectivity index (χ1) is 13.4. The van der Waals surface area contributed by atoms with Crippen molar-refractivity contribution in [2.75, 3.05) is 20.1 Å². The minimum Gasteiger partial charge on any atom is -0.341 e. The number of carbonyl (C=O) groups excluding carboxylic acids is 1. The van der Waals surface area contributed by atoms with Crippen LogP contribution in [-0.2, 0) is 11.3 Å². The van der Waals surface area contributed by atoms with Crippen LogP contribution in [0.25, 0.3) is 0 Å². The molecular weight excluding hydrogens is 354 g/mol. The summed E-state index contributed by atoms with van der Waals surface area (Å²) < 4.78 is 5.31. The van der Waals surface area contributed by atoms with Gasteiger partial charge in [0.25, 0.3) is 0 Å². The molecule has 3 atom stereocenters. The quantitative estimate of drug-likeness (QED) is 0.832. The van der Waals surface area contributed by atoms with Crippen molar-refractivity contribution in [2.24, 2.45) is 23.5 Å². The highest BCUT2D eigenvalue weighted by Crippen LogP contribution is 2.42. The number of nitrogens with two attached hydrogens (primary N) is 1. The van der Waals surface area contributed by atoms with Gasteiger partial charge >= 0.3 is 0 Å². The van der Waals surface area contributed by atoms with Gasteiger partial charge in [-0.15, -0.1) is 0 Å². The normalized spacial score (nSPS) is 33.1. The number of rotatable bonds is 5. The molecule has 7 heteroatoms. The molecule has 1 amide bonds. The van der Waals surface area contributed by atoms with Crippen LogP contribution in [0.3, 0.4) is 0 Å². The molecule has 2 N–H and O–H groups in total. The maximum absolute atomic E-state index is 13.2. The van der Waals surface area contributed by atoms with Gasteiger partial charge in [0, 0.05) is 37.0 Å². The summed E-state index contributed by atoms with van der Waals surface area (Å²) in [6.45, 7) is 6.42. The van der Waals surface area contributed by atoms with Crippen LogP contribution in [0.1, 0.15) is 70.0 Å². The summed E-state index contributed by atoms with van der Waals surface area (Å²) in [7, 11) is 2.09. The Morgan fingerprint density at radius 2 is 2.00 bits per heavy atom. The van der Waals surface area contributed by atoms with Crippen LogP contribution in [0.4, 0.5) is 0 Å². The predicted octanol–water partition coefficient (Wildman–Crippen LogP) is 2.38. The van der Waals surface area contributed by atoms with E-state index in [0.717, 1.165) is 38.2 Å². The molecule has 2 bridgehead atoms. The van der Waals surface area contributed by atoms with Gasteiger partial charge in [-0.2, -0.15) is 4.98 Å². The molecule has 1 aromatic rings. The van der Waals surface area contributed by atoms with Crippen LogP contribution in [-0.4, -0.2) is 58.1 Å². The van der Waals surface area contributed by atoms with Gasteiger partial charge < -0.3 is 15.2 Å². The summed E-state index contributed by atoms with van der Waals surface area (Å²) in [6, 6.07) is 0.677. The fourth-order valence-electron chi connectivity index (χ4n) is 5.47. The topological polar surface area (TPSA) is 88.5 Å². The number of aromatic nitrogens is 2. The van der Waals surface area contributed by atoms with Crippen LogP contribution in [0.2, 0.25) is 0 Å². The molecule has 1 aliphatic heterocycles. The lowest BCUT2D eigenvalue weighted by atomic mass is 9.65. The highest BCUT2D eigenvalue weighted by atomic mass is 16.5. The molecule has 0 radical (unpaired) electrons. The first kappa shape index (κ1) is 19.8. The number of fused-ring (bicyclic) bond motifs is 2. The second-order valence-corrected chi connectivity index (χ2v) is 9.54. The minimum atomic E-state index is 0.185. The molecule has 0 spiro atoms. The molecule has 2 aliphatic carbocycles. The van der Waals surface area contributed by atoms with E-state index in [1.807, 2.05) is 13.8 Å². The standard InChI is InChI=1S/C21H35N5O2/c1-13(2)20-23-18(24-28-20)12-25(3)17-7-8-26(11-17)21(27)16-9-14-5-4-6-15(10-16)19(14)22/h13-17,19H,4-12,22H2,1-3H3. The van der Waals surface area contributed by atoms with E-state index in [-0.39, 0.29) is 11.8 Å². The molecule has 28 heavy (non-hydrogen) atoms. The maximum Gasteiger partial charge on any atom is 0.229 e. The van der Waals surface area contributed by atoms with Crippen molar-refractivity contribution >= 4 is 5.91 Å². The second-order valence-electron chi connectivity index (χ2n) is 9.54. The Labute approximate surface area is 168 Å². The molecular formula is C21H35N5O2. The van der Waals surface area contributed by atoms with Gasteiger partial charge in [0.2, 0.25) is 11.8 Å². The molecule has 3 aliphatic rings. The summed E-state index contributed by atoms with van der Waals surface area (Å²) in [6.07, 6.45) is 6.69. The Morgan fingerprint density at radius 1 is 1.29 bits per heavy atom. The van der Waals surface area contributed by atoms with Crippen molar-refractivity contribution in [2.45, 2.75) is 76.9 Å². The zero-order chi connectivity index (χ0) is 19.8. The van der Waals surface area contributed by atoms with Crippen LogP contribution in [0.5, 0.6) is 0 Å². The first-order valence-electron chi connectivity index (χ1n) is 11.0. The van der Waals surface area contributed by atoms with E-state index in [1.165, 1.54) is 19.3 Å². The summed E-state index contributed by atoms with van der Waals surface area (Å²) in [4.78, 5) is 22.0. The summed E-state index contributed by atoms with van der Waals surface area (Å²) in [5.41, 5.74) is 6.40. The number of likely N-dealkylation sites (N-methyl/N-ethyl adjacent to an activating group) is 1. The van der Waals surface area contributed by atoms with E-state index in [2.05, 4.69) is 27.0 Å². The molecule has 0 aromatic carbocycles. The summed E-state index contributed by atoms with van der Waals surface area (Å²) in [5.74, 6) is 3.31. The lowest BCUT2D eigenvalue weighted by molar-refractivity contribution is -0.137. The number of nitrogens with zero attached hydrogens (tertiary/aromatic N) is 4. The van der Waals surface area contributed by atoms with Crippen LogP contribution < -0.4 is 5.73 Å². The lowest BCUT2D eigenvalue weighted by Gasteiger charge is -2.44. The Kier molecular flexibility index (Phi) is 5.74. The Hall–Kier alpha value is -1.47. The van der Waals surface area contributed by atoms with Crippen LogP contribution in [0.15, 0.2) is 4.52 Å². The van der Waals surface area contributed by atoms with Crippen molar-refractivity contribution in [3.63, 3.8) is 0 Å². The average Bonchev–Trinajstić information content (AvgIpc) is 3.30. The van der Waals surface area contributed by atoms with Crippen molar-refractivity contribution in [3.05, 3.63) is 11.7 Å². The summed E-state index contributed by atoms with van der Waals surface area (Å²) in [5, 5.41) is 4.10. The van der Waals surface area contributed by atoms with Crippen molar-refractivity contribution < 1.29 is 9.32 Å². The SMILES string of the molecule is CC(C)c1nc(CN(C)C2CCN(C(=O)C3CC4CCCC(C3)C4N)C2)no1. The molecule has 1 aromatic heterocycles. The minimum absolute atomic E-state index is 0.185. The number of carbonyl (C=O) groups is 1. The van der Waals surface area contributed by atoms with Gasteiger partial charge in [-0.1, -0.05) is 25.4 Å². The first-order valence-corrected chi connectivity index (χ1v) is 11.0. The molecule has 2 heterocycles. The van der Waals surface area contributed by atoms with Crippen molar-refractivity contribution in [1.82, 2.24) is 19.9 Å². The predicted molar refractivity (Wildman–Crippen MR) is 106 cm³/mol. The largest absolute Gasteiger partial charge is 0.341 e. The Balaban J connectivity index is 1.31. The molecule has 7 nitrogen and oxygen atoms in total. The third-order valence-corrected chi connectivity index (χ3v) is 7.23. The van der Waals surface area contributed by atoms with E-state index >= 15 is 0 Å². The molecule has 2 saturated carbocycles. The number of hydrogen-bond donors (Lipinski definition) is 1. The second kappa shape index (κ2) is 8.11. The van der Waals surface area contributed by atoms with Gasteiger partial charge in [0.15, 0.2) is 5.82 Å². The van der Waals surface area contributed by atoms with Crippen LogP contribution >= 0.6 is 0 Å². The Bertz CT molecular complexity index is 676. The Morgan fingerprint density at radius 3 is 2.64 bits per heavy atom. The highest BCUT2D eigenvalue weighted by molar-refractivity contribution is 5.79. The third kappa shape index (κ3) is 3.96. The van der Waals surface area contributed by atoms with Gasteiger partial charge in [-0.25, -0.2) is 0 Å². The fraction of sp³-hybridized carbons (Fsp3) is 0.857. The fourth-order valence-corrected chi connectivity index (χ4v) is 5.47. The third-order valence-electron chi connectivity index (χ3n) is 7.23. The van der Waals surface area contributed by atoms with Gasteiger partial charge in [-0.3, -0.25) is 9.69 Å². The number of hydrogen-bond acceptors (Lipinski definition) is 6. The van der Waals surface area contributed by atoms with Crippen LogP contribution in [0, 0.1) is 17.8 Å². The maximum atomic E-state index is 13.2. The highest BCUT2D eigenvalue weighted by Gasteiger charge is 2.42. The smallest absolute Gasteiger partial charge is 0.229 e. The zero-order valence-corrected chi connectivity index (χ0v) is 17.5. The molecule has 3 fully saturated rings. The number of likely N-dealkylation sites (tertiary alicyclic amines) is 1. The van der Waals surface area contributed by atoms with Crippen molar-refractivity contribution in [3.8, 4) is 0 Å². The van der Waals surface area contributed by atoms with Gasteiger partial charge in [0.1, 0.15) is 0 Å². The zero-order valence-electron chi connectivity index (χ0n) is 17.5. The molecule has 4 rings (SSSR count). The number of amides is 1. The van der Waals surface area contributed by atoms with Crippen molar-refractivity contribution in [1.29, 1.82) is 0 Å².